The number of benzene rings is 2. The van der Waals surface area contributed by atoms with Crippen LogP contribution in [0.5, 0.6) is 17.2 Å². The summed E-state index contributed by atoms with van der Waals surface area (Å²) in [5, 5.41) is 12.9. The third-order valence-electron chi connectivity index (χ3n) is 4.52. The minimum absolute atomic E-state index is 0. The number of aliphatic imine (C=N–C) groups is 1. The number of aryl methyl sites for hydroxylation is 1. The molecule has 0 aliphatic heterocycles. The van der Waals surface area contributed by atoms with Crippen LogP contribution in [0, 0.1) is 6.92 Å². The Hall–Kier alpha value is -2.16. The molecule has 0 saturated heterocycles. The number of nitrogens with zero attached hydrogens (tertiary/aromatic N) is 2. The number of aromatic hydroxyl groups is 1. The highest BCUT2D eigenvalue weighted by atomic mass is 127. The summed E-state index contributed by atoms with van der Waals surface area (Å²) < 4.78 is 10.8. The summed E-state index contributed by atoms with van der Waals surface area (Å²) in [5.74, 6) is 2.59. The van der Waals surface area contributed by atoms with Gasteiger partial charge in [-0.05, 0) is 61.2 Å². The first-order chi connectivity index (χ1) is 13.5. The number of methoxy groups -OCH3 is 2. The molecule has 2 N–H and O–H groups in total. The van der Waals surface area contributed by atoms with Gasteiger partial charge in [0.1, 0.15) is 5.75 Å². The Bertz CT molecular complexity index is 812. The van der Waals surface area contributed by atoms with Crippen LogP contribution in [-0.2, 0) is 13.0 Å². The van der Waals surface area contributed by atoms with E-state index in [9.17, 15) is 5.11 Å². The van der Waals surface area contributed by atoms with E-state index in [0.29, 0.717) is 13.1 Å². The van der Waals surface area contributed by atoms with Gasteiger partial charge in [-0.1, -0.05) is 12.1 Å². The molecule has 0 saturated carbocycles. The number of rotatable bonds is 8. The van der Waals surface area contributed by atoms with Crippen LogP contribution in [0.3, 0.4) is 0 Å². The van der Waals surface area contributed by atoms with Gasteiger partial charge in [0.25, 0.3) is 0 Å². The van der Waals surface area contributed by atoms with Crippen LogP contribution in [0.15, 0.2) is 41.4 Å². The van der Waals surface area contributed by atoms with E-state index in [1.165, 1.54) is 0 Å². The molecule has 2 rings (SSSR count). The molecule has 6 nitrogen and oxygen atoms in total. The Kier molecular flexibility index (Phi) is 10.6. The third kappa shape index (κ3) is 7.30. The van der Waals surface area contributed by atoms with Gasteiger partial charge >= 0.3 is 0 Å². The number of phenolic OH excluding ortho intramolecular Hbond substituents is 1. The average molecular weight is 513 g/mol. The molecule has 29 heavy (non-hydrogen) atoms. The van der Waals surface area contributed by atoms with Gasteiger partial charge in [-0.15, -0.1) is 24.0 Å². The van der Waals surface area contributed by atoms with Crippen molar-refractivity contribution >= 4 is 29.9 Å². The number of guanidine groups is 1. The number of hydrogen-bond donors (Lipinski definition) is 2. The first kappa shape index (κ1) is 24.9. The largest absolute Gasteiger partial charge is 0.508 e. The van der Waals surface area contributed by atoms with Gasteiger partial charge < -0.3 is 24.8 Å². The third-order valence-corrected chi connectivity index (χ3v) is 4.52. The van der Waals surface area contributed by atoms with E-state index in [1.54, 1.807) is 26.4 Å². The van der Waals surface area contributed by atoms with Gasteiger partial charge in [0, 0.05) is 26.7 Å². The Morgan fingerprint density at radius 3 is 2.45 bits per heavy atom. The van der Waals surface area contributed by atoms with Crippen LogP contribution in [0.1, 0.15) is 23.6 Å². The lowest BCUT2D eigenvalue weighted by molar-refractivity contribution is 0.353. The summed E-state index contributed by atoms with van der Waals surface area (Å²) in [4.78, 5) is 6.83. The van der Waals surface area contributed by atoms with Crippen LogP contribution in [0.2, 0.25) is 0 Å². The molecule has 0 atom stereocenters. The van der Waals surface area contributed by atoms with Gasteiger partial charge in [-0.2, -0.15) is 0 Å². The van der Waals surface area contributed by atoms with E-state index in [1.807, 2.05) is 31.3 Å². The van der Waals surface area contributed by atoms with Gasteiger partial charge in [0.15, 0.2) is 17.5 Å². The molecule has 0 unspecified atom stereocenters. The van der Waals surface area contributed by atoms with E-state index in [2.05, 4.69) is 24.1 Å². The van der Waals surface area contributed by atoms with Crippen molar-refractivity contribution < 1.29 is 14.6 Å². The van der Waals surface area contributed by atoms with Crippen LogP contribution < -0.4 is 14.8 Å². The number of halogens is 1. The SMILES string of the molecule is CCNC(=NCCc1cccc(O)c1)N(C)Cc1cc(OC)c(OC)cc1C.I. The molecule has 0 radical (unpaired) electrons. The minimum Gasteiger partial charge on any atom is -0.508 e. The molecular weight excluding hydrogens is 481 g/mol. The normalized spacial score (nSPS) is 10.9. The van der Waals surface area contributed by atoms with Crippen molar-refractivity contribution in [1.29, 1.82) is 0 Å². The molecule has 0 aliphatic carbocycles. The van der Waals surface area contributed by atoms with Crippen molar-refractivity contribution in [2.45, 2.75) is 26.8 Å². The summed E-state index contributed by atoms with van der Waals surface area (Å²) in [6.07, 6.45) is 0.770. The predicted octanol–water partition coefficient (Wildman–Crippen LogP) is 3.98. The van der Waals surface area contributed by atoms with E-state index in [-0.39, 0.29) is 29.7 Å². The topological polar surface area (TPSA) is 66.3 Å². The lowest BCUT2D eigenvalue weighted by atomic mass is 10.1. The lowest BCUT2D eigenvalue weighted by Gasteiger charge is -2.23. The van der Waals surface area contributed by atoms with Crippen LogP contribution in [0.4, 0.5) is 0 Å². The zero-order valence-electron chi connectivity index (χ0n) is 17.9. The molecular formula is C22H32IN3O3. The summed E-state index contributed by atoms with van der Waals surface area (Å²) in [5.41, 5.74) is 3.36. The number of phenols is 1. The lowest BCUT2D eigenvalue weighted by Crippen LogP contribution is -2.38. The van der Waals surface area contributed by atoms with Crippen molar-refractivity contribution in [3.8, 4) is 17.2 Å². The molecule has 0 bridgehead atoms. The van der Waals surface area contributed by atoms with Crippen molar-refractivity contribution in [3.63, 3.8) is 0 Å². The van der Waals surface area contributed by atoms with E-state index in [0.717, 1.165) is 47.1 Å². The zero-order chi connectivity index (χ0) is 20.5. The molecule has 2 aromatic rings. The van der Waals surface area contributed by atoms with Crippen LogP contribution in [-0.4, -0.2) is 50.3 Å². The first-order valence-electron chi connectivity index (χ1n) is 9.47. The van der Waals surface area contributed by atoms with Gasteiger partial charge in [0.05, 0.1) is 14.2 Å². The molecule has 0 fully saturated rings. The standard InChI is InChI=1S/C22H31N3O3.HI/c1-6-23-22(24-11-10-17-8-7-9-19(26)13-17)25(3)15-18-14-21(28-5)20(27-4)12-16(18)2;/h7-9,12-14,26H,6,10-11,15H2,1-5H3,(H,23,24);1H. The Balaban J connectivity index is 0.00000420. The highest BCUT2D eigenvalue weighted by Crippen LogP contribution is 2.30. The second kappa shape index (κ2) is 12.4. The Morgan fingerprint density at radius 1 is 1.14 bits per heavy atom. The maximum Gasteiger partial charge on any atom is 0.193 e. The highest BCUT2D eigenvalue weighted by Gasteiger charge is 2.12. The van der Waals surface area contributed by atoms with E-state index in [4.69, 9.17) is 14.5 Å². The maximum absolute atomic E-state index is 9.59. The molecule has 0 aromatic heterocycles. The van der Waals surface area contributed by atoms with Gasteiger partial charge in [-0.25, -0.2) is 0 Å². The quantitative estimate of drug-likeness (QED) is 0.318. The molecule has 0 aliphatic rings. The summed E-state index contributed by atoms with van der Waals surface area (Å²) in [7, 11) is 5.31. The van der Waals surface area contributed by atoms with Crippen LogP contribution in [0.25, 0.3) is 0 Å². The molecule has 160 valence electrons. The summed E-state index contributed by atoms with van der Waals surface area (Å²) >= 11 is 0. The second-order valence-corrected chi connectivity index (χ2v) is 6.65. The molecule has 0 spiro atoms. The maximum atomic E-state index is 9.59. The summed E-state index contributed by atoms with van der Waals surface area (Å²) in [6.45, 7) is 6.25. The molecule has 2 aromatic carbocycles. The second-order valence-electron chi connectivity index (χ2n) is 6.65. The Morgan fingerprint density at radius 2 is 1.83 bits per heavy atom. The van der Waals surface area contributed by atoms with E-state index >= 15 is 0 Å². The minimum atomic E-state index is 0. The number of nitrogens with one attached hydrogen (secondary N) is 1. The first-order valence-corrected chi connectivity index (χ1v) is 9.47. The zero-order valence-corrected chi connectivity index (χ0v) is 20.2. The Labute approximate surface area is 191 Å². The molecule has 0 heterocycles. The predicted molar refractivity (Wildman–Crippen MR) is 129 cm³/mol. The van der Waals surface area contributed by atoms with Crippen LogP contribution >= 0.6 is 24.0 Å². The van der Waals surface area contributed by atoms with Gasteiger partial charge in [0.2, 0.25) is 0 Å². The molecule has 7 heteroatoms. The van der Waals surface area contributed by atoms with E-state index < -0.39 is 0 Å². The van der Waals surface area contributed by atoms with Crippen molar-refractivity contribution in [1.82, 2.24) is 10.2 Å². The average Bonchev–Trinajstić information content (AvgIpc) is 2.68. The molecule has 0 amide bonds. The van der Waals surface area contributed by atoms with Crippen molar-refractivity contribution in [3.05, 3.63) is 53.1 Å². The summed E-state index contributed by atoms with van der Waals surface area (Å²) in [6, 6.07) is 11.3. The van der Waals surface area contributed by atoms with Crippen molar-refractivity contribution in [2.75, 3.05) is 34.4 Å². The number of ether oxygens (including phenoxy) is 2. The monoisotopic (exact) mass is 513 g/mol. The van der Waals surface area contributed by atoms with Crippen molar-refractivity contribution in [2.24, 2.45) is 4.99 Å². The fourth-order valence-electron chi connectivity index (χ4n) is 3.00. The highest BCUT2D eigenvalue weighted by molar-refractivity contribution is 14.0. The fraction of sp³-hybridized carbons (Fsp3) is 0.409. The fourth-order valence-corrected chi connectivity index (χ4v) is 3.00. The van der Waals surface area contributed by atoms with Gasteiger partial charge in [-0.3, -0.25) is 4.99 Å². The number of hydrogen-bond acceptors (Lipinski definition) is 4. The smallest absolute Gasteiger partial charge is 0.193 e.